The number of hydrogen-bond acceptors (Lipinski definition) is 4. The van der Waals surface area contributed by atoms with Gasteiger partial charge in [0.05, 0.1) is 0 Å². The molecule has 5 nitrogen and oxygen atoms in total. The standard InChI is InChI=1S/C28H40N2O3Si3/c1-34(2,3)32-36(7,33-35(4,5)6)22-14-21-30-28(31)26(23-29)19-20-27(24-15-10-8-11-16-24)25-17-12-9-13-18-25/h8-13,15-20H,14,21-22H2,1-7H3,(H,30,31). The van der Waals surface area contributed by atoms with Gasteiger partial charge in [0, 0.05) is 6.54 Å². The normalized spacial score (nSPS) is 12.6. The number of nitrogens with one attached hydrogen (secondary N) is 1. The van der Waals surface area contributed by atoms with Gasteiger partial charge in [0.25, 0.3) is 5.91 Å². The Bertz CT molecular complexity index is 1040. The van der Waals surface area contributed by atoms with Crippen molar-refractivity contribution < 1.29 is 13.0 Å². The SMILES string of the molecule is C[Si](C)(C)O[Si](C)(CCCNC(=O)C(C#N)=CC=C(c1ccccc1)c1ccccc1)O[Si](C)(C)C. The van der Waals surface area contributed by atoms with Gasteiger partial charge in [-0.1, -0.05) is 66.7 Å². The van der Waals surface area contributed by atoms with Crippen LogP contribution in [0.5, 0.6) is 0 Å². The maximum Gasteiger partial charge on any atom is 0.314 e. The van der Waals surface area contributed by atoms with Gasteiger partial charge in [0.2, 0.25) is 0 Å². The molecule has 2 aromatic rings. The van der Waals surface area contributed by atoms with E-state index in [1.807, 2.05) is 66.7 Å². The Kier molecular flexibility index (Phi) is 10.8. The zero-order valence-corrected chi connectivity index (χ0v) is 25.7. The third kappa shape index (κ3) is 10.6. The Hall–Kier alpha value is -2.55. The first-order chi connectivity index (χ1) is 16.8. The van der Waals surface area contributed by atoms with E-state index in [0.717, 1.165) is 29.2 Å². The second-order valence-electron chi connectivity index (χ2n) is 10.9. The number of carbonyl (C=O) groups excluding carboxylic acids is 1. The van der Waals surface area contributed by atoms with Crippen molar-refractivity contribution in [1.82, 2.24) is 5.32 Å². The lowest BCUT2D eigenvalue weighted by molar-refractivity contribution is -0.117. The fourth-order valence-electron chi connectivity index (χ4n) is 4.05. The molecule has 0 radical (unpaired) electrons. The van der Waals surface area contributed by atoms with Gasteiger partial charge < -0.3 is 13.5 Å². The van der Waals surface area contributed by atoms with Gasteiger partial charge in [0.15, 0.2) is 16.6 Å². The Morgan fingerprint density at radius 1 is 0.833 bits per heavy atom. The topological polar surface area (TPSA) is 71.3 Å². The first-order valence-electron chi connectivity index (χ1n) is 12.4. The van der Waals surface area contributed by atoms with Crippen LogP contribution in [0.25, 0.3) is 5.57 Å². The highest BCUT2D eigenvalue weighted by atomic mass is 28.5. The summed E-state index contributed by atoms with van der Waals surface area (Å²) in [6.45, 7) is 15.7. The van der Waals surface area contributed by atoms with Crippen molar-refractivity contribution in [2.75, 3.05) is 6.54 Å². The number of benzene rings is 2. The molecule has 2 aromatic carbocycles. The number of carbonyl (C=O) groups is 1. The first-order valence-corrected chi connectivity index (χ1v) is 21.8. The molecule has 0 aliphatic heterocycles. The molecular formula is C28H40N2O3Si3. The number of nitriles is 1. The minimum absolute atomic E-state index is 0.0797. The van der Waals surface area contributed by atoms with Gasteiger partial charge >= 0.3 is 8.56 Å². The zero-order valence-electron chi connectivity index (χ0n) is 22.7. The number of amides is 1. The molecule has 0 heterocycles. The summed E-state index contributed by atoms with van der Waals surface area (Å²) in [4.78, 5) is 12.8. The van der Waals surface area contributed by atoms with Gasteiger partial charge in [-0.15, -0.1) is 0 Å². The average Bonchev–Trinajstić information content (AvgIpc) is 2.78. The zero-order chi connectivity index (χ0) is 26.8. The summed E-state index contributed by atoms with van der Waals surface area (Å²) in [5.74, 6) is -0.366. The monoisotopic (exact) mass is 536 g/mol. The molecule has 0 aliphatic rings. The molecule has 192 valence electrons. The van der Waals surface area contributed by atoms with Crippen molar-refractivity contribution >= 4 is 36.7 Å². The Balaban J connectivity index is 2.10. The Morgan fingerprint density at radius 3 is 1.72 bits per heavy atom. The van der Waals surface area contributed by atoms with E-state index < -0.39 is 25.2 Å². The van der Waals surface area contributed by atoms with Crippen LogP contribution >= 0.6 is 0 Å². The van der Waals surface area contributed by atoms with E-state index in [-0.39, 0.29) is 11.5 Å². The molecule has 0 aliphatic carbocycles. The quantitative estimate of drug-likeness (QED) is 0.106. The van der Waals surface area contributed by atoms with Crippen LogP contribution in [0, 0.1) is 11.3 Å². The molecular weight excluding hydrogens is 497 g/mol. The molecule has 36 heavy (non-hydrogen) atoms. The highest BCUT2D eigenvalue weighted by molar-refractivity contribution is 6.87. The van der Waals surface area contributed by atoms with Gasteiger partial charge in [-0.25, -0.2) is 0 Å². The van der Waals surface area contributed by atoms with Crippen LogP contribution in [-0.4, -0.2) is 37.6 Å². The Labute approximate surface area is 220 Å². The van der Waals surface area contributed by atoms with E-state index in [2.05, 4.69) is 57.2 Å². The minimum Gasteiger partial charge on any atom is -0.437 e. The van der Waals surface area contributed by atoms with Crippen molar-refractivity contribution in [3.05, 3.63) is 89.5 Å². The predicted molar refractivity (Wildman–Crippen MR) is 157 cm³/mol. The van der Waals surface area contributed by atoms with Crippen LogP contribution < -0.4 is 5.32 Å². The van der Waals surface area contributed by atoms with E-state index in [4.69, 9.17) is 8.23 Å². The van der Waals surface area contributed by atoms with E-state index >= 15 is 0 Å². The summed E-state index contributed by atoms with van der Waals surface area (Å²) in [6.07, 6.45) is 4.19. The summed E-state index contributed by atoms with van der Waals surface area (Å²) in [6, 6.07) is 22.8. The lowest BCUT2D eigenvalue weighted by Gasteiger charge is -2.38. The van der Waals surface area contributed by atoms with Gasteiger partial charge in [-0.05, 0) is 81.1 Å². The first kappa shape index (κ1) is 29.7. The summed E-state index contributed by atoms with van der Waals surface area (Å²) in [5, 5.41) is 12.6. The summed E-state index contributed by atoms with van der Waals surface area (Å²) in [5.41, 5.74) is 3.07. The number of allylic oxidation sites excluding steroid dienone is 2. The molecule has 0 unspecified atom stereocenters. The number of hydrogen-bond donors (Lipinski definition) is 1. The number of nitrogens with zero attached hydrogens (tertiary/aromatic N) is 1. The van der Waals surface area contributed by atoms with Gasteiger partial charge in [-0.3, -0.25) is 4.79 Å². The fraction of sp³-hybridized carbons (Fsp3) is 0.357. The summed E-state index contributed by atoms with van der Waals surface area (Å²) >= 11 is 0. The fourth-order valence-corrected chi connectivity index (χ4v) is 16.6. The third-order valence-electron chi connectivity index (χ3n) is 5.09. The molecule has 0 aromatic heterocycles. The van der Waals surface area contributed by atoms with Crippen molar-refractivity contribution in [1.29, 1.82) is 5.26 Å². The molecule has 0 atom stereocenters. The van der Waals surface area contributed by atoms with Crippen LogP contribution in [0.15, 0.2) is 78.4 Å². The molecule has 2 rings (SSSR count). The number of rotatable bonds is 12. The lowest BCUT2D eigenvalue weighted by atomic mass is 9.97. The van der Waals surface area contributed by atoms with Crippen LogP contribution in [0.1, 0.15) is 17.5 Å². The maximum absolute atomic E-state index is 12.8. The highest BCUT2D eigenvalue weighted by Gasteiger charge is 2.39. The predicted octanol–water partition coefficient (Wildman–Crippen LogP) is 6.85. The second-order valence-corrected chi connectivity index (χ2v) is 23.8. The molecule has 0 spiro atoms. The molecule has 1 N–H and O–H groups in total. The van der Waals surface area contributed by atoms with E-state index in [9.17, 15) is 10.1 Å². The molecule has 0 saturated heterocycles. The molecule has 8 heteroatoms. The molecule has 0 saturated carbocycles. The largest absolute Gasteiger partial charge is 0.437 e. The van der Waals surface area contributed by atoms with E-state index in [1.165, 1.54) is 0 Å². The van der Waals surface area contributed by atoms with Crippen LogP contribution in [0.4, 0.5) is 0 Å². The maximum atomic E-state index is 12.8. The highest BCUT2D eigenvalue weighted by Crippen LogP contribution is 2.26. The molecule has 0 bridgehead atoms. The summed E-state index contributed by atoms with van der Waals surface area (Å²) < 4.78 is 13.1. The van der Waals surface area contributed by atoms with E-state index in [1.54, 1.807) is 6.08 Å². The average molecular weight is 537 g/mol. The van der Waals surface area contributed by atoms with Crippen LogP contribution in [0.3, 0.4) is 0 Å². The van der Waals surface area contributed by atoms with Crippen LogP contribution in [0.2, 0.25) is 51.9 Å². The molecule has 1 amide bonds. The van der Waals surface area contributed by atoms with Crippen molar-refractivity contribution in [3.8, 4) is 6.07 Å². The van der Waals surface area contributed by atoms with E-state index in [0.29, 0.717) is 6.54 Å². The van der Waals surface area contributed by atoms with Gasteiger partial charge in [-0.2, -0.15) is 5.26 Å². The van der Waals surface area contributed by atoms with Gasteiger partial charge in [0.1, 0.15) is 11.6 Å². The Morgan fingerprint density at radius 2 is 1.31 bits per heavy atom. The lowest BCUT2D eigenvalue weighted by Crippen LogP contribution is -2.52. The smallest absolute Gasteiger partial charge is 0.314 e. The third-order valence-corrected chi connectivity index (χ3v) is 14.7. The summed E-state index contributed by atoms with van der Waals surface area (Å²) in [7, 11) is -5.88. The van der Waals surface area contributed by atoms with Crippen molar-refractivity contribution in [2.45, 2.75) is 58.3 Å². The minimum atomic E-state index is -2.35. The second kappa shape index (κ2) is 13.1. The molecule has 0 fully saturated rings. The van der Waals surface area contributed by atoms with Crippen LogP contribution in [-0.2, 0) is 13.0 Å². The van der Waals surface area contributed by atoms with Crippen molar-refractivity contribution in [2.24, 2.45) is 0 Å². The van der Waals surface area contributed by atoms with Crippen molar-refractivity contribution in [3.63, 3.8) is 0 Å².